The van der Waals surface area contributed by atoms with E-state index in [9.17, 15) is 27.6 Å². The summed E-state index contributed by atoms with van der Waals surface area (Å²) in [4.78, 5) is 50.2. The van der Waals surface area contributed by atoms with Gasteiger partial charge in [-0.3, -0.25) is 29.4 Å². The van der Waals surface area contributed by atoms with Crippen LogP contribution in [0.5, 0.6) is 0 Å². The molecule has 2 fully saturated rings. The third kappa shape index (κ3) is 4.91. The Morgan fingerprint density at radius 3 is 2.41 bits per heavy atom. The second-order valence-electron chi connectivity index (χ2n) is 9.89. The summed E-state index contributed by atoms with van der Waals surface area (Å²) in [6.07, 6.45) is 2.87. The molecule has 0 bridgehead atoms. The number of nitrogens with zero attached hydrogens (tertiary/aromatic N) is 2. The summed E-state index contributed by atoms with van der Waals surface area (Å²) in [7, 11) is -3.53. The van der Waals surface area contributed by atoms with Crippen LogP contribution in [-0.2, 0) is 26.2 Å². The number of rotatable bonds is 7. The molecule has 2 saturated heterocycles. The van der Waals surface area contributed by atoms with E-state index in [1.807, 2.05) is 0 Å². The molecule has 0 radical (unpaired) electrons. The van der Waals surface area contributed by atoms with Crippen molar-refractivity contribution in [2.45, 2.75) is 58.4 Å². The highest BCUT2D eigenvalue weighted by Gasteiger charge is 2.44. The van der Waals surface area contributed by atoms with Gasteiger partial charge in [0, 0.05) is 26.1 Å². The first-order valence-corrected chi connectivity index (χ1v) is 13.0. The lowest BCUT2D eigenvalue weighted by atomic mass is 9.83. The summed E-state index contributed by atoms with van der Waals surface area (Å²) in [5.41, 5.74) is 1.41. The topological polar surface area (TPSA) is 133 Å². The molecular formula is C23H30N4O6S. The number of piperidine rings is 2. The Balaban J connectivity index is 1.34. The molecule has 0 spiro atoms. The highest BCUT2D eigenvalue weighted by molar-refractivity contribution is 7.87. The minimum Gasteiger partial charge on any atom is -0.295 e. The zero-order chi connectivity index (χ0) is 24.7. The first kappa shape index (κ1) is 24.5. The molecule has 1 atom stereocenters. The number of benzene rings is 1. The number of amides is 4. The molecule has 1 aromatic carbocycles. The summed E-state index contributed by atoms with van der Waals surface area (Å²) in [5, 5.41) is 2.18. The normalized spacial score (nSPS) is 23.2. The van der Waals surface area contributed by atoms with Crippen molar-refractivity contribution in [1.82, 2.24) is 19.2 Å². The molecule has 1 unspecified atom stereocenters. The van der Waals surface area contributed by atoms with E-state index in [1.165, 1.54) is 4.31 Å². The Morgan fingerprint density at radius 2 is 1.74 bits per heavy atom. The van der Waals surface area contributed by atoms with Crippen molar-refractivity contribution in [2.24, 2.45) is 5.41 Å². The van der Waals surface area contributed by atoms with Crippen LogP contribution < -0.4 is 10.0 Å². The molecule has 11 heteroatoms. The van der Waals surface area contributed by atoms with Crippen LogP contribution >= 0.6 is 0 Å². The summed E-state index contributed by atoms with van der Waals surface area (Å²) in [6, 6.07) is 3.93. The number of hydrogen-bond acceptors (Lipinski definition) is 6. The van der Waals surface area contributed by atoms with Gasteiger partial charge in [-0.05, 0) is 55.2 Å². The molecule has 3 heterocycles. The highest BCUT2D eigenvalue weighted by Crippen LogP contribution is 2.31. The number of carbonyl (C=O) groups is 4. The van der Waals surface area contributed by atoms with Crippen molar-refractivity contribution >= 4 is 33.8 Å². The largest absolute Gasteiger partial charge is 0.295 e. The van der Waals surface area contributed by atoms with E-state index < -0.39 is 39.9 Å². The maximum absolute atomic E-state index is 12.9. The standard InChI is InChI=1S/C23H30N4O6S/c1-23(2)9-12-26(13-10-23)34(32,33)24-11-3-4-15-5-6-16-17(14-15)22(31)27(21(16)30)18-7-8-19(28)25-20(18)29/h5-6,14,18,24H,3-4,7-13H2,1-2H3,(H,25,28,29). The molecule has 2 N–H and O–H groups in total. The number of carbonyl (C=O) groups excluding carboxylic acids is 4. The third-order valence-electron chi connectivity index (χ3n) is 6.85. The minimum absolute atomic E-state index is 0.0696. The number of aryl methyl sites for hydroxylation is 1. The van der Waals surface area contributed by atoms with Gasteiger partial charge in [-0.25, -0.2) is 4.72 Å². The van der Waals surface area contributed by atoms with Crippen LogP contribution in [-0.4, -0.2) is 66.9 Å². The van der Waals surface area contributed by atoms with Gasteiger partial charge in [0.25, 0.3) is 22.0 Å². The highest BCUT2D eigenvalue weighted by atomic mass is 32.2. The van der Waals surface area contributed by atoms with Crippen molar-refractivity contribution in [3.05, 3.63) is 34.9 Å². The zero-order valence-electron chi connectivity index (χ0n) is 19.4. The van der Waals surface area contributed by atoms with Crippen LogP contribution in [0.25, 0.3) is 0 Å². The fraction of sp³-hybridized carbons (Fsp3) is 0.565. The number of imide groups is 2. The van der Waals surface area contributed by atoms with Crippen molar-refractivity contribution in [2.75, 3.05) is 19.6 Å². The predicted octanol–water partition coefficient (Wildman–Crippen LogP) is 0.977. The molecule has 4 amide bonds. The molecule has 0 aromatic heterocycles. The lowest BCUT2D eigenvalue weighted by Gasteiger charge is -2.36. The summed E-state index contributed by atoms with van der Waals surface area (Å²) in [5.74, 6) is -2.15. The SMILES string of the molecule is CC1(C)CCN(S(=O)(=O)NCCCc2ccc3c(c2)C(=O)N(C2CCC(=O)NC2=O)C3=O)CC1. The lowest BCUT2D eigenvalue weighted by Crippen LogP contribution is -2.54. The second kappa shape index (κ2) is 9.20. The summed E-state index contributed by atoms with van der Waals surface area (Å²) >= 11 is 0. The van der Waals surface area contributed by atoms with Gasteiger partial charge < -0.3 is 0 Å². The Kier molecular flexibility index (Phi) is 6.63. The van der Waals surface area contributed by atoms with Crippen molar-refractivity contribution in [1.29, 1.82) is 0 Å². The van der Waals surface area contributed by atoms with E-state index in [0.29, 0.717) is 25.9 Å². The van der Waals surface area contributed by atoms with Crippen molar-refractivity contribution in [3.8, 4) is 0 Å². The van der Waals surface area contributed by atoms with Gasteiger partial charge in [-0.1, -0.05) is 19.9 Å². The van der Waals surface area contributed by atoms with E-state index in [4.69, 9.17) is 0 Å². The fourth-order valence-corrected chi connectivity index (χ4v) is 5.84. The molecule has 34 heavy (non-hydrogen) atoms. The van der Waals surface area contributed by atoms with Gasteiger partial charge in [0.2, 0.25) is 11.8 Å². The van der Waals surface area contributed by atoms with E-state index in [2.05, 4.69) is 23.9 Å². The van der Waals surface area contributed by atoms with Crippen LogP contribution in [0, 0.1) is 5.41 Å². The molecule has 184 valence electrons. The Labute approximate surface area is 199 Å². The number of hydrogen-bond donors (Lipinski definition) is 2. The first-order chi connectivity index (χ1) is 16.0. The van der Waals surface area contributed by atoms with Gasteiger partial charge in [-0.2, -0.15) is 12.7 Å². The Bertz CT molecular complexity index is 1140. The molecule has 1 aromatic rings. The lowest BCUT2D eigenvalue weighted by molar-refractivity contribution is -0.136. The molecule has 0 saturated carbocycles. The van der Waals surface area contributed by atoms with Crippen LogP contribution in [0.3, 0.4) is 0 Å². The van der Waals surface area contributed by atoms with Crippen LogP contribution in [0.15, 0.2) is 18.2 Å². The molecular weight excluding hydrogens is 460 g/mol. The van der Waals surface area contributed by atoms with E-state index >= 15 is 0 Å². The van der Waals surface area contributed by atoms with E-state index in [-0.39, 0.29) is 35.9 Å². The number of nitrogens with one attached hydrogen (secondary N) is 2. The summed E-state index contributed by atoms with van der Waals surface area (Å²) < 4.78 is 29.2. The van der Waals surface area contributed by atoms with E-state index in [0.717, 1.165) is 23.3 Å². The van der Waals surface area contributed by atoms with Gasteiger partial charge >= 0.3 is 0 Å². The average molecular weight is 491 g/mol. The van der Waals surface area contributed by atoms with Crippen LogP contribution in [0.1, 0.15) is 72.2 Å². The summed E-state index contributed by atoms with van der Waals surface area (Å²) in [6.45, 7) is 5.56. The third-order valence-corrected chi connectivity index (χ3v) is 8.46. The van der Waals surface area contributed by atoms with Crippen molar-refractivity contribution < 1.29 is 27.6 Å². The molecule has 3 aliphatic heterocycles. The quantitative estimate of drug-likeness (QED) is 0.432. The molecule has 10 nitrogen and oxygen atoms in total. The smallest absolute Gasteiger partial charge is 0.279 e. The van der Waals surface area contributed by atoms with E-state index in [1.54, 1.807) is 18.2 Å². The predicted molar refractivity (Wildman–Crippen MR) is 123 cm³/mol. The maximum Gasteiger partial charge on any atom is 0.279 e. The second-order valence-corrected chi connectivity index (χ2v) is 11.6. The fourth-order valence-electron chi connectivity index (χ4n) is 4.59. The average Bonchev–Trinajstić information content (AvgIpc) is 3.01. The maximum atomic E-state index is 12.9. The first-order valence-electron chi connectivity index (χ1n) is 11.6. The monoisotopic (exact) mass is 490 g/mol. The molecule has 0 aliphatic carbocycles. The van der Waals surface area contributed by atoms with Gasteiger partial charge in [-0.15, -0.1) is 0 Å². The van der Waals surface area contributed by atoms with Crippen molar-refractivity contribution in [3.63, 3.8) is 0 Å². The number of fused-ring (bicyclic) bond motifs is 1. The van der Waals surface area contributed by atoms with Gasteiger partial charge in [0.15, 0.2) is 0 Å². The van der Waals surface area contributed by atoms with Gasteiger partial charge in [0.1, 0.15) is 6.04 Å². The molecule has 4 rings (SSSR count). The molecule has 3 aliphatic rings. The van der Waals surface area contributed by atoms with Crippen LogP contribution in [0.4, 0.5) is 0 Å². The Hall–Kier alpha value is -2.63. The Morgan fingerprint density at radius 1 is 1.06 bits per heavy atom. The van der Waals surface area contributed by atoms with Crippen LogP contribution in [0.2, 0.25) is 0 Å². The van der Waals surface area contributed by atoms with Gasteiger partial charge in [0.05, 0.1) is 11.1 Å². The minimum atomic E-state index is -3.53. The zero-order valence-corrected chi connectivity index (χ0v) is 20.2.